The van der Waals surface area contributed by atoms with Crippen molar-refractivity contribution in [3.63, 3.8) is 0 Å². The van der Waals surface area contributed by atoms with Crippen LogP contribution in [0.25, 0.3) is 10.9 Å². The van der Waals surface area contributed by atoms with Crippen LogP contribution in [0.2, 0.25) is 0 Å². The summed E-state index contributed by atoms with van der Waals surface area (Å²) in [4.78, 5) is 28.8. The lowest BCUT2D eigenvalue weighted by Crippen LogP contribution is -2.44. The number of carbonyl (C=O) groups is 1. The summed E-state index contributed by atoms with van der Waals surface area (Å²) in [6, 6.07) is 14.1. The first-order chi connectivity index (χ1) is 17.4. The van der Waals surface area contributed by atoms with Crippen molar-refractivity contribution in [1.82, 2.24) is 20.5 Å². The zero-order valence-electron chi connectivity index (χ0n) is 20.5. The molecule has 1 amide bonds. The number of ether oxygens (including phenoxy) is 1. The summed E-state index contributed by atoms with van der Waals surface area (Å²) in [6.07, 6.45) is 1.53. The summed E-state index contributed by atoms with van der Waals surface area (Å²) in [5, 5.41) is 27.9. The first kappa shape index (κ1) is 25.7. The molecule has 0 bridgehead atoms. The number of piperidine rings is 1. The Hall–Kier alpha value is -3.40. The Bertz CT molecular complexity index is 1240. The second-order valence-corrected chi connectivity index (χ2v) is 9.16. The molecule has 0 radical (unpaired) electrons. The molecule has 9 nitrogen and oxygen atoms in total. The number of hydrogen-bond acceptors (Lipinski definition) is 7. The van der Waals surface area contributed by atoms with Crippen LogP contribution in [-0.4, -0.2) is 65.3 Å². The zero-order chi connectivity index (χ0) is 25.5. The van der Waals surface area contributed by atoms with Gasteiger partial charge in [0, 0.05) is 49.1 Å². The summed E-state index contributed by atoms with van der Waals surface area (Å²) in [6.45, 7) is 3.30. The smallest absolute Gasteiger partial charge is 0.248 e. The van der Waals surface area contributed by atoms with E-state index in [1.54, 1.807) is 19.2 Å². The number of aromatic amines is 1. The van der Waals surface area contributed by atoms with Crippen molar-refractivity contribution < 1.29 is 19.7 Å². The molecule has 0 unspecified atom stereocenters. The van der Waals surface area contributed by atoms with Crippen LogP contribution in [0.15, 0.2) is 53.3 Å². The minimum atomic E-state index is -0.774. The highest BCUT2D eigenvalue weighted by atomic mass is 16.5. The Morgan fingerprint density at radius 1 is 1.17 bits per heavy atom. The van der Waals surface area contributed by atoms with Gasteiger partial charge in [-0.1, -0.05) is 24.3 Å². The van der Waals surface area contributed by atoms with E-state index in [0.29, 0.717) is 42.5 Å². The highest BCUT2D eigenvalue weighted by Crippen LogP contribution is 2.28. The molecule has 1 aliphatic rings. The Balaban J connectivity index is 1.19. The van der Waals surface area contributed by atoms with Crippen LogP contribution in [0.3, 0.4) is 0 Å². The molecular formula is C27H34N4O5. The van der Waals surface area contributed by atoms with Gasteiger partial charge in [0.25, 0.3) is 0 Å². The molecule has 3 aromatic rings. The van der Waals surface area contributed by atoms with Gasteiger partial charge in [-0.15, -0.1) is 0 Å². The summed E-state index contributed by atoms with van der Waals surface area (Å²) >= 11 is 0. The molecule has 4 rings (SSSR count). The number of aliphatic hydroxyl groups excluding tert-OH is 1. The number of nitrogens with zero attached hydrogens (tertiary/aromatic N) is 1. The number of aliphatic hydroxyl groups is 1. The van der Waals surface area contributed by atoms with Gasteiger partial charge in [-0.3, -0.25) is 9.59 Å². The SMILES string of the molecule is COc1ccccc1CNC(=O)CCN1CCC(NC[C@@H](O)c2ccc(O)c3[nH]c(=O)ccc23)CC1. The van der Waals surface area contributed by atoms with Crippen LogP contribution >= 0.6 is 0 Å². The average Bonchev–Trinajstić information content (AvgIpc) is 2.90. The van der Waals surface area contributed by atoms with Gasteiger partial charge in [-0.2, -0.15) is 0 Å². The third-order valence-corrected chi connectivity index (χ3v) is 6.78. The number of benzene rings is 2. The molecule has 1 saturated heterocycles. The third-order valence-electron chi connectivity index (χ3n) is 6.78. The molecule has 0 saturated carbocycles. The van der Waals surface area contributed by atoms with Gasteiger partial charge in [0.1, 0.15) is 11.5 Å². The van der Waals surface area contributed by atoms with Crippen molar-refractivity contribution in [2.24, 2.45) is 0 Å². The molecule has 0 spiro atoms. The second-order valence-electron chi connectivity index (χ2n) is 9.16. The minimum absolute atomic E-state index is 0.0201. The molecule has 2 heterocycles. The number of para-hydroxylation sites is 1. The van der Waals surface area contributed by atoms with Crippen molar-refractivity contribution in [3.8, 4) is 11.5 Å². The molecule has 1 fully saturated rings. The van der Waals surface area contributed by atoms with Crippen LogP contribution in [-0.2, 0) is 11.3 Å². The number of hydrogen-bond donors (Lipinski definition) is 5. The fraction of sp³-hybridized carbons (Fsp3) is 0.407. The topological polar surface area (TPSA) is 127 Å². The Morgan fingerprint density at radius 2 is 1.94 bits per heavy atom. The van der Waals surface area contributed by atoms with Gasteiger partial charge in [-0.25, -0.2) is 0 Å². The monoisotopic (exact) mass is 494 g/mol. The molecule has 9 heteroatoms. The van der Waals surface area contributed by atoms with Crippen molar-refractivity contribution >= 4 is 16.8 Å². The molecule has 1 atom stereocenters. The number of methoxy groups -OCH3 is 1. The fourth-order valence-corrected chi connectivity index (χ4v) is 4.69. The molecule has 192 valence electrons. The number of aromatic nitrogens is 1. The largest absolute Gasteiger partial charge is 0.506 e. The van der Waals surface area contributed by atoms with E-state index in [9.17, 15) is 19.8 Å². The second kappa shape index (κ2) is 12.0. The number of likely N-dealkylation sites (tertiary alicyclic amines) is 1. The average molecular weight is 495 g/mol. The van der Waals surface area contributed by atoms with Gasteiger partial charge in [0.15, 0.2) is 0 Å². The van der Waals surface area contributed by atoms with E-state index in [4.69, 9.17) is 4.74 Å². The summed E-state index contributed by atoms with van der Waals surface area (Å²) in [7, 11) is 1.62. The highest BCUT2D eigenvalue weighted by Gasteiger charge is 2.21. The Labute approximate surface area is 210 Å². The van der Waals surface area contributed by atoms with E-state index in [0.717, 1.165) is 37.2 Å². The number of rotatable bonds is 10. The number of phenolic OH excluding ortho intramolecular Hbond substituents is 1. The summed E-state index contributed by atoms with van der Waals surface area (Å²) in [5.74, 6) is 0.769. The number of pyridine rings is 1. The van der Waals surface area contributed by atoms with Crippen LogP contribution in [0, 0.1) is 0 Å². The first-order valence-corrected chi connectivity index (χ1v) is 12.3. The van der Waals surface area contributed by atoms with Gasteiger partial charge >= 0.3 is 0 Å². The van der Waals surface area contributed by atoms with Crippen molar-refractivity contribution in [3.05, 3.63) is 70.0 Å². The van der Waals surface area contributed by atoms with Crippen LogP contribution in [0.5, 0.6) is 11.5 Å². The number of fused-ring (bicyclic) bond motifs is 1. The lowest BCUT2D eigenvalue weighted by atomic mass is 10.0. The number of nitrogens with one attached hydrogen (secondary N) is 3. The van der Waals surface area contributed by atoms with Crippen LogP contribution in [0.4, 0.5) is 0 Å². The minimum Gasteiger partial charge on any atom is -0.506 e. The van der Waals surface area contributed by atoms with Crippen molar-refractivity contribution in [2.45, 2.75) is 38.0 Å². The fourth-order valence-electron chi connectivity index (χ4n) is 4.69. The maximum atomic E-state index is 12.3. The van der Waals surface area contributed by atoms with Crippen molar-refractivity contribution in [2.75, 3.05) is 33.3 Å². The predicted molar refractivity (Wildman–Crippen MR) is 138 cm³/mol. The number of aromatic hydroxyl groups is 1. The van der Waals surface area contributed by atoms with Crippen molar-refractivity contribution in [1.29, 1.82) is 0 Å². The molecule has 1 aliphatic heterocycles. The van der Waals surface area contributed by atoms with Gasteiger partial charge in [0.2, 0.25) is 11.5 Å². The molecule has 5 N–H and O–H groups in total. The number of amides is 1. The lowest BCUT2D eigenvalue weighted by Gasteiger charge is -2.32. The van der Waals surface area contributed by atoms with E-state index in [1.807, 2.05) is 24.3 Å². The Kier molecular flexibility index (Phi) is 8.58. The van der Waals surface area contributed by atoms with E-state index >= 15 is 0 Å². The molecule has 2 aromatic carbocycles. The number of phenols is 1. The molecule has 0 aliphatic carbocycles. The molecule has 1 aromatic heterocycles. The maximum Gasteiger partial charge on any atom is 0.248 e. The van der Waals surface area contributed by atoms with Crippen LogP contribution in [0.1, 0.15) is 36.5 Å². The summed E-state index contributed by atoms with van der Waals surface area (Å²) in [5.41, 5.74) is 1.64. The first-order valence-electron chi connectivity index (χ1n) is 12.3. The maximum absolute atomic E-state index is 12.3. The quantitative estimate of drug-likeness (QED) is 0.292. The number of carbonyl (C=O) groups excluding carboxylic acids is 1. The normalized spacial score (nSPS) is 15.6. The standard InChI is InChI=1S/C27H34N4O5/c1-36-24-5-3-2-4-18(24)16-29-25(34)12-15-31-13-10-19(11-14-31)28-17-23(33)20-6-8-22(32)27-21(20)7-9-26(35)30-27/h2-9,19,23,28,32-33H,10-17H2,1H3,(H,29,34)(H,30,35)/t23-/m1/s1. The van der Waals surface area contributed by atoms with E-state index in [2.05, 4.69) is 20.5 Å². The van der Waals surface area contributed by atoms with E-state index < -0.39 is 6.10 Å². The predicted octanol–water partition coefficient (Wildman–Crippen LogP) is 2.04. The van der Waals surface area contributed by atoms with E-state index in [-0.39, 0.29) is 23.3 Å². The molecular weight excluding hydrogens is 460 g/mol. The molecule has 36 heavy (non-hydrogen) atoms. The lowest BCUT2D eigenvalue weighted by molar-refractivity contribution is -0.121. The van der Waals surface area contributed by atoms with Gasteiger partial charge in [0.05, 0.1) is 18.7 Å². The highest BCUT2D eigenvalue weighted by molar-refractivity contribution is 5.87. The number of H-pyrrole nitrogens is 1. The zero-order valence-corrected chi connectivity index (χ0v) is 20.5. The van der Waals surface area contributed by atoms with Gasteiger partial charge in [-0.05, 0) is 49.7 Å². The van der Waals surface area contributed by atoms with E-state index in [1.165, 1.54) is 12.1 Å². The summed E-state index contributed by atoms with van der Waals surface area (Å²) < 4.78 is 5.33. The van der Waals surface area contributed by atoms with Gasteiger partial charge < -0.3 is 35.5 Å². The third kappa shape index (κ3) is 6.42. The van der Waals surface area contributed by atoms with Crippen LogP contribution < -0.4 is 20.9 Å². The Morgan fingerprint density at radius 3 is 2.72 bits per heavy atom.